The van der Waals surface area contributed by atoms with Crippen LogP contribution in [0.15, 0.2) is 23.3 Å². The molecule has 0 radical (unpaired) electrons. The van der Waals surface area contributed by atoms with Gasteiger partial charge < -0.3 is 5.11 Å². The minimum Gasteiger partial charge on any atom is -0.386 e. The third kappa shape index (κ3) is 3.22. The summed E-state index contributed by atoms with van der Waals surface area (Å²) in [7, 11) is 0. The molecule has 12 heavy (non-hydrogen) atoms. The monoisotopic (exact) mass is 168 g/mol. The minimum absolute atomic E-state index is 0.631. The smallest absolute Gasteiger partial charge is 0.0806 e. The van der Waals surface area contributed by atoms with Gasteiger partial charge in [-0.15, -0.1) is 0 Å². The summed E-state index contributed by atoms with van der Waals surface area (Å²) in [6, 6.07) is 0. The first-order valence-electron chi connectivity index (χ1n) is 4.59. The molecule has 0 spiro atoms. The molecule has 0 aliphatic heterocycles. The summed E-state index contributed by atoms with van der Waals surface area (Å²) in [4.78, 5) is 0. The summed E-state index contributed by atoms with van der Waals surface area (Å²) in [6.07, 6.45) is 5.01. The van der Waals surface area contributed by atoms with Crippen molar-refractivity contribution in [2.24, 2.45) is 0 Å². The zero-order chi connectivity index (χ0) is 9.78. The van der Waals surface area contributed by atoms with E-state index in [2.05, 4.69) is 13.0 Å². The van der Waals surface area contributed by atoms with Crippen molar-refractivity contribution in [3.63, 3.8) is 0 Å². The molecule has 0 amide bonds. The summed E-state index contributed by atoms with van der Waals surface area (Å²) in [5, 5.41) is 9.53. The number of allylic oxidation sites excluding steroid dienone is 3. The topological polar surface area (TPSA) is 20.2 Å². The van der Waals surface area contributed by atoms with Crippen LogP contribution in [0.1, 0.15) is 41.0 Å². The predicted octanol–water partition coefficient (Wildman–Crippen LogP) is 3.06. The Labute approximate surface area is 75.8 Å². The average molecular weight is 168 g/mol. The van der Waals surface area contributed by atoms with E-state index in [1.165, 1.54) is 5.57 Å². The second-order valence-corrected chi connectivity index (χ2v) is 3.44. The van der Waals surface area contributed by atoms with Gasteiger partial charge in [0, 0.05) is 0 Å². The van der Waals surface area contributed by atoms with Crippen molar-refractivity contribution >= 4 is 0 Å². The molecule has 0 bridgehead atoms. The Balaban J connectivity index is 0.000000561. The van der Waals surface area contributed by atoms with Crippen LogP contribution in [0, 0.1) is 0 Å². The van der Waals surface area contributed by atoms with Crippen molar-refractivity contribution in [3.05, 3.63) is 23.3 Å². The average Bonchev–Trinajstić information content (AvgIpc) is 2.39. The first-order valence-corrected chi connectivity index (χ1v) is 4.59. The minimum atomic E-state index is -0.631. The van der Waals surface area contributed by atoms with Gasteiger partial charge in [0.15, 0.2) is 0 Å². The maximum Gasteiger partial charge on any atom is 0.0806 e. The second kappa shape index (κ2) is 4.46. The highest BCUT2D eigenvalue weighted by atomic mass is 16.3. The van der Waals surface area contributed by atoms with Crippen LogP contribution >= 0.6 is 0 Å². The summed E-state index contributed by atoms with van der Waals surface area (Å²) >= 11 is 0. The maximum atomic E-state index is 9.53. The molecule has 0 unspecified atom stereocenters. The van der Waals surface area contributed by atoms with Gasteiger partial charge in [0.05, 0.1) is 5.60 Å². The third-order valence-corrected chi connectivity index (χ3v) is 1.82. The standard InChI is InChI=1S/C9H14O.C2H6/c1-7-4-5-8(6-7)9(2,3)10;1-2/h4-5,10H,6H2,1-3H3;1-2H3. The Morgan fingerprint density at radius 1 is 1.25 bits per heavy atom. The SMILES string of the molecule is CC.CC1=CC=C(C(C)(C)O)C1. The summed E-state index contributed by atoms with van der Waals surface area (Å²) in [5.74, 6) is 0. The van der Waals surface area contributed by atoms with E-state index in [1.807, 2.05) is 33.8 Å². The Morgan fingerprint density at radius 2 is 1.75 bits per heavy atom. The van der Waals surface area contributed by atoms with Crippen molar-refractivity contribution in [3.8, 4) is 0 Å². The van der Waals surface area contributed by atoms with E-state index in [0.717, 1.165) is 12.0 Å². The molecule has 0 fully saturated rings. The lowest BCUT2D eigenvalue weighted by atomic mass is 9.96. The molecule has 1 nitrogen and oxygen atoms in total. The molecule has 1 aliphatic carbocycles. The summed E-state index contributed by atoms with van der Waals surface area (Å²) in [6.45, 7) is 9.73. The van der Waals surface area contributed by atoms with Crippen LogP contribution in [0.3, 0.4) is 0 Å². The second-order valence-electron chi connectivity index (χ2n) is 3.44. The summed E-state index contributed by atoms with van der Waals surface area (Å²) in [5.41, 5.74) is 1.82. The number of aliphatic hydroxyl groups is 1. The van der Waals surface area contributed by atoms with Gasteiger partial charge in [0.1, 0.15) is 0 Å². The van der Waals surface area contributed by atoms with E-state index >= 15 is 0 Å². The highest BCUT2D eigenvalue weighted by molar-refractivity contribution is 5.33. The maximum absolute atomic E-state index is 9.53. The molecule has 1 rings (SSSR count). The van der Waals surface area contributed by atoms with E-state index in [0.29, 0.717) is 0 Å². The molecule has 1 aliphatic rings. The Hall–Kier alpha value is -0.560. The van der Waals surface area contributed by atoms with Gasteiger partial charge in [-0.25, -0.2) is 0 Å². The Kier molecular flexibility index (Phi) is 4.25. The third-order valence-electron chi connectivity index (χ3n) is 1.82. The fraction of sp³-hybridized carbons (Fsp3) is 0.636. The van der Waals surface area contributed by atoms with Crippen molar-refractivity contribution in [1.82, 2.24) is 0 Å². The molecule has 0 saturated heterocycles. The van der Waals surface area contributed by atoms with Gasteiger partial charge in [0.25, 0.3) is 0 Å². The van der Waals surface area contributed by atoms with Gasteiger partial charge in [0.2, 0.25) is 0 Å². The molecule has 1 heteroatoms. The molecular formula is C11H20O. The van der Waals surface area contributed by atoms with Crippen LogP contribution < -0.4 is 0 Å². The molecule has 0 aromatic rings. The van der Waals surface area contributed by atoms with Crippen molar-refractivity contribution in [1.29, 1.82) is 0 Å². The molecule has 1 N–H and O–H groups in total. The lowest BCUT2D eigenvalue weighted by Gasteiger charge is -2.18. The van der Waals surface area contributed by atoms with Gasteiger partial charge in [-0.2, -0.15) is 0 Å². The van der Waals surface area contributed by atoms with E-state index in [1.54, 1.807) is 0 Å². The first kappa shape index (κ1) is 11.4. The van der Waals surface area contributed by atoms with E-state index in [9.17, 15) is 5.11 Å². The van der Waals surface area contributed by atoms with Crippen LogP contribution in [0.4, 0.5) is 0 Å². The van der Waals surface area contributed by atoms with Gasteiger partial charge in [-0.05, 0) is 32.8 Å². The quantitative estimate of drug-likeness (QED) is 0.638. The van der Waals surface area contributed by atoms with Gasteiger partial charge in [-0.3, -0.25) is 0 Å². The molecule has 0 aromatic carbocycles. The first-order chi connectivity index (χ1) is 5.50. The van der Waals surface area contributed by atoms with Crippen molar-refractivity contribution in [2.75, 3.05) is 0 Å². The predicted molar refractivity (Wildman–Crippen MR) is 54.1 cm³/mol. The van der Waals surface area contributed by atoms with Crippen molar-refractivity contribution in [2.45, 2.75) is 46.6 Å². The fourth-order valence-corrected chi connectivity index (χ4v) is 1.08. The molecule has 0 saturated carbocycles. The highest BCUT2D eigenvalue weighted by Gasteiger charge is 2.20. The van der Waals surface area contributed by atoms with Crippen molar-refractivity contribution < 1.29 is 5.11 Å². The molecular weight excluding hydrogens is 148 g/mol. The van der Waals surface area contributed by atoms with E-state index in [-0.39, 0.29) is 0 Å². The van der Waals surface area contributed by atoms with Gasteiger partial charge in [-0.1, -0.05) is 31.6 Å². The van der Waals surface area contributed by atoms with Crippen LogP contribution in [0.25, 0.3) is 0 Å². The van der Waals surface area contributed by atoms with Crippen LogP contribution in [0.2, 0.25) is 0 Å². The number of hydrogen-bond donors (Lipinski definition) is 1. The number of rotatable bonds is 1. The highest BCUT2D eigenvalue weighted by Crippen LogP contribution is 2.27. The Morgan fingerprint density at radius 3 is 1.92 bits per heavy atom. The Bertz CT molecular complexity index is 192. The van der Waals surface area contributed by atoms with Crippen LogP contribution in [-0.2, 0) is 0 Å². The largest absolute Gasteiger partial charge is 0.386 e. The van der Waals surface area contributed by atoms with Gasteiger partial charge >= 0.3 is 0 Å². The fourth-order valence-electron chi connectivity index (χ4n) is 1.08. The zero-order valence-electron chi connectivity index (χ0n) is 8.81. The zero-order valence-corrected chi connectivity index (χ0v) is 8.81. The van der Waals surface area contributed by atoms with E-state index in [4.69, 9.17) is 0 Å². The molecule has 70 valence electrons. The lowest BCUT2D eigenvalue weighted by molar-refractivity contribution is 0.118. The van der Waals surface area contributed by atoms with E-state index < -0.39 is 5.60 Å². The normalized spacial score (nSPS) is 16.2. The lowest BCUT2D eigenvalue weighted by Crippen LogP contribution is -2.20. The molecule has 0 heterocycles. The van der Waals surface area contributed by atoms with Crippen LogP contribution in [-0.4, -0.2) is 10.7 Å². The summed E-state index contributed by atoms with van der Waals surface area (Å²) < 4.78 is 0. The van der Waals surface area contributed by atoms with Crippen LogP contribution in [0.5, 0.6) is 0 Å². The molecule has 0 atom stereocenters. The number of hydrogen-bond acceptors (Lipinski definition) is 1. The molecule has 0 aromatic heterocycles.